The number of benzene rings is 1. The van der Waals surface area contributed by atoms with Crippen LogP contribution in [0.4, 0.5) is 0 Å². The van der Waals surface area contributed by atoms with Crippen molar-refractivity contribution in [3.63, 3.8) is 0 Å². The Kier molecular flexibility index (Phi) is 3.84. The predicted octanol–water partition coefficient (Wildman–Crippen LogP) is 1.57. The van der Waals surface area contributed by atoms with E-state index in [0.717, 1.165) is 0 Å². The summed E-state index contributed by atoms with van der Waals surface area (Å²) >= 11 is 0. The second kappa shape index (κ2) is 4.92. The van der Waals surface area contributed by atoms with Gasteiger partial charge in [0, 0.05) is 0 Å². The monoisotopic (exact) mass is 204 g/mol. The third-order valence-electron chi connectivity index (χ3n) is 2.49. The lowest BCUT2D eigenvalue weighted by Gasteiger charge is -2.23. The van der Waals surface area contributed by atoms with Gasteiger partial charge < -0.3 is 10.8 Å². The number of aliphatic hydroxyl groups excluding tert-OH is 1. The van der Waals surface area contributed by atoms with Gasteiger partial charge in [0.1, 0.15) is 0 Å². The van der Waals surface area contributed by atoms with Crippen LogP contribution in [0.15, 0.2) is 24.3 Å². The summed E-state index contributed by atoms with van der Waals surface area (Å²) in [5, 5.41) is 18.7. The topological polar surface area (TPSA) is 70.0 Å². The number of aliphatic hydroxyl groups is 1. The zero-order chi connectivity index (χ0) is 11.4. The molecule has 15 heavy (non-hydrogen) atoms. The van der Waals surface area contributed by atoms with Crippen LogP contribution >= 0.6 is 0 Å². The van der Waals surface area contributed by atoms with E-state index in [4.69, 9.17) is 11.0 Å². The van der Waals surface area contributed by atoms with Gasteiger partial charge >= 0.3 is 0 Å². The lowest BCUT2D eigenvalue weighted by Crippen LogP contribution is -2.31. The number of nitriles is 1. The second-order valence-electron chi connectivity index (χ2n) is 3.96. The zero-order valence-corrected chi connectivity index (χ0v) is 9.01. The molecule has 1 rings (SSSR count). The molecule has 0 amide bonds. The minimum absolute atomic E-state index is 0.0757. The van der Waals surface area contributed by atoms with Gasteiger partial charge in [-0.15, -0.1) is 0 Å². The van der Waals surface area contributed by atoms with Gasteiger partial charge in [0.25, 0.3) is 0 Å². The highest BCUT2D eigenvalue weighted by Crippen LogP contribution is 2.22. The summed E-state index contributed by atoms with van der Waals surface area (Å²) in [6.07, 6.45) is -0.625. The molecule has 0 aliphatic rings. The second-order valence-corrected chi connectivity index (χ2v) is 3.96. The molecule has 0 unspecified atom stereocenters. The van der Waals surface area contributed by atoms with Crippen LogP contribution in [0.5, 0.6) is 0 Å². The first-order valence-electron chi connectivity index (χ1n) is 5.00. The van der Waals surface area contributed by atoms with E-state index in [0.29, 0.717) is 11.1 Å². The van der Waals surface area contributed by atoms with Crippen molar-refractivity contribution in [3.05, 3.63) is 35.4 Å². The van der Waals surface area contributed by atoms with Crippen molar-refractivity contribution in [2.45, 2.75) is 26.0 Å². The van der Waals surface area contributed by atoms with Crippen molar-refractivity contribution in [2.75, 3.05) is 0 Å². The van der Waals surface area contributed by atoms with Gasteiger partial charge in [-0.05, 0) is 17.5 Å². The standard InChI is InChI=1S/C12H16N2O/c1-8(2)12(15)11(14)10-6-4-3-5-9(10)7-13/h3-6,8,11-12,15H,14H2,1-2H3/t11-,12+/m1/s1. The van der Waals surface area contributed by atoms with E-state index in [-0.39, 0.29) is 5.92 Å². The van der Waals surface area contributed by atoms with Gasteiger partial charge in [0.2, 0.25) is 0 Å². The molecule has 80 valence electrons. The summed E-state index contributed by atoms with van der Waals surface area (Å²) in [6.45, 7) is 3.80. The summed E-state index contributed by atoms with van der Waals surface area (Å²) in [4.78, 5) is 0. The van der Waals surface area contributed by atoms with Gasteiger partial charge in [-0.3, -0.25) is 0 Å². The normalized spacial score (nSPS) is 14.7. The largest absolute Gasteiger partial charge is 0.391 e. The summed E-state index contributed by atoms with van der Waals surface area (Å²) in [7, 11) is 0. The molecule has 0 saturated heterocycles. The maximum absolute atomic E-state index is 9.83. The fourth-order valence-corrected chi connectivity index (χ4v) is 1.49. The minimum atomic E-state index is -0.625. The number of rotatable bonds is 3. The Hall–Kier alpha value is -1.37. The molecular formula is C12H16N2O. The van der Waals surface area contributed by atoms with Crippen molar-refractivity contribution in [1.29, 1.82) is 5.26 Å². The molecule has 0 saturated carbocycles. The molecule has 0 fully saturated rings. The molecule has 2 atom stereocenters. The van der Waals surface area contributed by atoms with E-state index < -0.39 is 12.1 Å². The zero-order valence-electron chi connectivity index (χ0n) is 9.01. The molecule has 3 heteroatoms. The van der Waals surface area contributed by atoms with Gasteiger partial charge in [0.15, 0.2) is 0 Å². The Morgan fingerprint density at radius 1 is 1.33 bits per heavy atom. The lowest BCUT2D eigenvalue weighted by atomic mass is 9.92. The molecule has 1 aromatic carbocycles. The Bertz CT molecular complexity index is 368. The average molecular weight is 204 g/mol. The van der Waals surface area contributed by atoms with E-state index in [1.807, 2.05) is 19.9 Å². The van der Waals surface area contributed by atoms with Crippen LogP contribution in [0.3, 0.4) is 0 Å². The third kappa shape index (κ3) is 2.56. The Morgan fingerprint density at radius 2 is 1.93 bits per heavy atom. The molecule has 1 aromatic rings. The summed E-state index contributed by atoms with van der Waals surface area (Å²) < 4.78 is 0. The Balaban J connectivity index is 3.01. The molecule has 0 aromatic heterocycles. The van der Waals surface area contributed by atoms with Crippen molar-refractivity contribution < 1.29 is 5.11 Å². The summed E-state index contributed by atoms with van der Waals surface area (Å²) in [6, 6.07) is 8.69. The van der Waals surface area contributed by atoms with E-state index in [1.54, 1.807) is 18.2 Å². The third-order valence-corrected chi connectivity index (χ3v) is 2.49. The van der Waals surface area contributed by atoms with Crippen molar-refractivity contribution in [1.82, 2.24) is 0 Å². The number of nitrogens with two attached hydrogens (primary N) is 1. The number of hydrogen-bond donors (Lipinski definition) is 2. The first kappa shape index (κ1) is 11.7. The maximum Gasteiger partial charge on any atom is 0.0995 e. The molecule has 0 radical (unpaired) electrons. The highest BCUT2D eigenvalue weighted by Gasteiger charge is 2.21. The van der Waals surface area contributed by atoms with Crippen molar-refractivity contribution in [2.24, 2.45) is 11.7 Å². The highest BCUT2D eigenvalue weighted by atomic mass is 16.3. The fourth-order valence-electron chi connectivity index (χ4n) is 1.49. The van der Waals surface area contributed by atoms with E-state index in [1.165, 1.54) is 0 Å². The fraction of sp³-hybridized carbons (Fsp3) is 0.417. The van der Waals surface area contributed by atoms with Crippen LogP contribution in [0.25, 0.3) is 0 Å². The van der Waals surface area contributed by atoms with Crippen LogP contribution in [0, 0.1) is 17.2 Å². The number of hydrogen-bond acceptors (Lipinski definition) is 3. The molecule has 0 aliphatic heterocycles. The van der Waals surface area contributed by atoms with E-state index >= 15 is 0 Å². The quantitative estimate of drug-likeness (QED) is 0.785. The van der Waals surface area contributed by atoms with Crippen LogP contribution in [0.1, 0.15) is 31.0 Å². The maximum atomic E-state index is 9.83. The van der Waals surface area contributed by atoms with Crippen LogP contribution in [-0.4, -0.2) is 11.2 Å². The van der Waals surface area contributed by atoms with Crippen LogP contribution in [0.2, 0.25) is 0 Å². The minimum Gasteiger partial charge on any atom is -0.391 e. The van der Waals surface area contributed by atoms with Gasteiger partial charge in [-0.25, -0.2) is 0 Å². The molecule has 0 aliphatic carbocycles. The molecule has 3 nitrogen and oxygen atoms in total. The molecular weight excluding hydrogens is 188 g/mol. The SMILES string of the molecule is CC(C)[C@H](O)[C@H](N)c1ccccc1C#N. The van der Waals surface area contributed by atoms with Gasteiger partial charge in [0.05, 0.1) is 23.8 Å². The van der Waals surface area contributed by atoms with Crippen molar-refractivity contribution in [3.8, 4) is 6.07 Å². The van der Waals surface area contributed by atoms with Crippen molar-refractivity contribution >= 4 is 0 Å². The molecule has 3 N–H and O–H groups in total. The first-order valence-corrected chi connectivity index (χ1v) is 5.00. The van der Waals surface area contributed by atoms with E-state index in [9.17, 15) is 5.11 Å². The number of nitrogens with zero attached hydrogens (tertiary/aromatic N) is 1. The van der Waals surface area contributed by atoms with Gasteiger partial charge in [-0.1, -0.05) is 32.0 Å². The van der Waals surface area contributed by atoms with Crippen LogP contribution < -0.4 is 5.73 Å². The van der Waals surface area contributed by atoms with Crippen LogP contribution in [-0.2, 0) is 0 Å². The first-order chi connectivity index (χ1) is 7.07. The predicted molar refractivity (Wildman–Crippen MR) is 58.9 cm³/mol. The Labute approximate surface area is 90.1 Å². The summed E-state index contributed by atoms with van der Waals surface area (Å²) in [5.74, 6) is 0.0757. The molecule has 0 heterocycles. The molecule has 0 spiro atoms. The van der Waals surface area contributed by atoms with Gasteiger partial charge in [-0.2, -0.15) is 5.26 Å². The average Bonchev–Trinajstić information content (AvgIpc) is 2.26. The Morgan fingerprint density at radius 3 is 2.47 bits per heavy atom. The lowest BCUT2D eigenvalue weighted by molar-refractivity contribution is 0.0978. The highest BCUT2D eigenvalue weighted by molar-refractivity contribution is 5.39. The summed E-state index contributed by atoms with van der Waals surface area (Å²) in [5.41, 5.74) is 7.16. The molecule has 0 bridgehead atoms. The van der Waals surface area contributed by atoms with E-state index in [2.05, 4.69) is 6.07 Å². The smallest absolute Gasteiger partial charge is 0.0995 e.